The Morgan fingerprint density at radius 2 is 1.89 bits per heavy atom. The molecule has 1 aromatic heterocycles. The average Bonchev–Trinajstić information content (AvgIpc) is 3.36. The minimum atomic E-state index is -1.72. The molecular formula is C26H33FN4O3Si. The molecule has 3 amide bonds. The van der Waals surface area contributed by atoms with Gasteiger partial charge in [-0.1, -0.05) is 26.1 Å². The number of rotatable bonds is 3. The first-order chi connectivity index (χ1) is 16.3. The van der Waals surface area contributed by atoms with Gasteiger partial charge in [0.2, 0.25) is 5.91 Å². The lowest BCUT2D eigenvalue weighted by molar-refractivity contribution is -0.125. The number of anilines is 1. The van der Waals surface area contributed by atoms with Crippen LogP contribution in [0.25, 0.3) is 11.0 Å². The molecule has 1 aromatic carbocycles. The summed E-state index contributed by atoms with van der Waals surface area (Å²) in [6, 6.07) is 4.34. The third kappa shape index (κ3) is 3.54. The number of hydrogen-bond donors (Lipinski definition) is 2. The molecule has 2 aromatic rings. The summed E-state index contributed by atoms with van der Waals surface area (Å²) in [7, 11) is -1.72. The Balaban J connectivity index is 1.36. The van der Waals surface area contributed by atoms with Gasteiger partial charge in [0.25, 0.3) is 0 Å². The van der Waals surface area contributed by atoms with Crippen molar-refractivity contribution in [3.05, 3.63) is 40.9 Å². The number of benzene rings is 1. The van der Waals surface area contributed by atoms with Crippen LogP contribution in [-0.4, -0.2) is 49.4 Å². The van der Waals surface area contributed by atoms with Crippen LogP contribution in [0.15, 0.2) is 38.8 Å². The van der Waals surface area contributed by atoms with E-state index in [0.717, 1.165) is 35.8 Å². The summed E-state index contributed by atoms with van der Waals surface area (Å²) in [5.74, 6) is 0.734. The molecule has 0 unspecified atom stereocenters. The maximum absolute atomic E-state index is 14.7. The predicted octanol–water partition coefficient (Wildman–Crippen LogP) is 5.59. The largest absolute Gasteiger partial charge is 0.459 e. The molecule has 3 heterocycles. The molecule has 1 saturated carbocycles. The molecule has 2 N–H and O–H groups in total. The highest BCUT2D eigenvalue weighted by Crippen LogP contribution is 2.55. The molecule has 9 heteroatoms. The van der Waals surface area contributed by atoms with Crippen molar-refractivity contribution in [1.82, 2.24) is 10.2 Å². The Bertz CT molecular complexity index is 1310. The Morgan fingerprint density at radius 1 is 1.17 bits per heavy atom. The Hall–Kier alpha value is -2.94. The van der Waals surface area contributed by atoms with Crippen LogP contribution >= 0.6 is 0 Å². The number of halogens is 1. The molecular weight excluding hydrogens is 463 g/mol. The van der Waals surface area contributed by atoms with E-state index in [2.05, 4.69) is 35.3 Å². The summed E-state index contributed by atoms with van der Waals surface area (Å²) in [4.78, 5) is 33.1. The average molecular weight is 497 g/mol. The summed E-state index contributed by atoms with van der Waals surface area (Å²) in [5, 5.41) is 6.34. The van der Waals surface area contributed by atoms with Crippen LogP contribution in [0.3, 0.4) is 0 Å². The summed E-state index contributed by atoms with van der Waals surface area (Å²) in [6.07, 6.45) is 2.94. The van der Waals surface area contributed by atoms with Crippen molar-refractivity contribution in [2.45, 2.75) is 70.3 Å². The molecule has 0 bridgehead atoms. The molecule has 0 spiro atoms. The summed E-state index contributed by atoms with van der Waals surface area (Å²) in [5.41, 5.74) is 1.61. The molecule has 186 valence electrons. The van der Waals surface area contributed by atoms with Crippen LogP contribution in [0, 0.1) is 12.7 Å². The number of fused-ring (bicyclic) bond motifs is 1. The van der Waals surface area contributed by atoms with E-state index < -0.39 is 25.5 Å². The summed E-state index contributed by atoms with van der Waals surface area (Å²) in [6.45, 7) is 13.2. The second kappa shape index (κ2) is 7.78. The van der Waals surface area contributed by atoms with E-state index in [4.69, 9.17) is 4.42 Å². The van der Waals surface area contributed by atoms with E-state index in [9.17, 15) is 14.0 Å². The molecule has 5 rings (SSSR count). The first-order valence-corrected chi connectivity index (χ1v) is 15.7. The number of nitrogens with zero attached hydrogens (tertiary/aromatic N) is 2. The highest BCUT2D eigenvalue weighted by atomic mass is 28.3. The topological polar surface area (TPSA) is 86.9 Å². The second-order valence-electron chi connectivity index (χ2n) is 11.5. The van der Waals surface area contributed by atoms with E-state index in [1.165, 1.54) is 6.07 Å². The summed E-state index contributed by atoms with van der Waals surface area (Å²) >= 11 is 0. The zero-order chi connectivity index (χ0) is 25.3. The zero-order valence-electron chi connectivity index (χ0n) is 21.3. The van der Waals surface area contributed by atoms with Gasteiger partial charge in [-0.3, -0.25) is 9.79 Å². The summed E-state index contributed by atoms with van der Waals surface area (Å²) < 4.78 is 20.3. The molecule has 35 heavy (non-hydrogen) atoms. The van der Waals surface area contributed by atoms with Gasteiger partial charge in [-0.05, 0) is 57.4 Å². The van der Waals surface area contributed by atoms with Crippen LogP contribution in [0.1, 0.15) is 38.9 Å². The lowest BCUT2D eigenvalue weighted by Crippen LogP contribution is -2.55. The van der Waals surface area contributed by atoms with Gasteiger partial charge in [0, 0.05) is 16.0 Å². The number of urea groups is 1. The quantitative estimate of drug-likeness (QED) is 0.543. The van der Waals surface area contributed by atoms with Gasteiger partial charge in [-0.2, -0.15) is 0 Å². The standard InChI is InChI=1S/C26H33FN4O3Si/c1-15-12-16-8-9-19(27)20(21(16)34-15)29-24(33)31-14-17-18(25(31,2)3)13-28-22(17)30-23(32)26(10-7-11-26)35(4,5)6/h8-9,12H,7,10-11,13-14H2,1-6H3,(H,29,33)(H,28,30,32). The van der Waals surface area contributed by atoms with Crippen LogP contribution in [0.2, 0.25) is 24.7 Å². The minimum absolute atomic E-state index is 0.0349. The molecule has 0 radical (unpaired) electrons. The number of carbonyl (C=O) groups is 2. The van der Waals surface area contributed by atoms with Crippen molar-refractivity contribution in [3.63, 3.8) is 0 Å². The van der Waals surface area contributed by atoms with E-state index in [-0.39, 0.29) is 16.6 Å². The van der Waals surface area contributed by atoms with Gasteiger partial charge in [0.1, 0.15) is 17.3 Å². The van der Waals surface area contributed by atoms with E-state index in [0.29, 0.717) is 30.3 Å². The fraction of sp³-hybridized carbons (Fsp3) is 0.500. The first kappa shape index (κ1) is 23.8. The number of aryl methyl sites for hydroxylation is 1. The van der Waals surface area contributed by atoms with Crippen LogP contribution < -0.4 is 10.6 Å². The maximum atomic E-state index is 14.7. The van der Waals surface area contributed by atoms with Crippen LogP contribution in [-0.2, 0) is 4.79 Å². The van der Waals surface area contributed by atoms with Crippen LogP contribution in [0.5, 0.6) is 0 Å². The van der Waals surface area contributed by atoms with Crippen molar-refractivity contribution >= 4 is 42.5 Å². The number of amidine groups is 1. The lowest BCUT2D eigenvalue weighted by Gasteiger charge is -2.49. The zero-order valence-corrected chi connectivity index (χ0v) is 22.3. The van der Waals surface area contributed by atoms with Crippen molar-refractivity contribution < 1.29 is 18.4 Å². The Labute approximate surface area is 205 Å². The van der Waals surface area contributed by atoms with Gasteiger partial charge < -0.3 is 20.0 Å². The number of amides is 3. The highest BCUT2D eigenvalue weighted by Gasteiger charge is 2.54. The maximum Gasteiger partial charge on any atom is 0.323 e. The molecule has 3 aliphatic rings. The second-order valence-corrected chi connectivity index (χ2v) is 17.0. The smallest absolute Gasteiger partial charge is 0.323 e. The van der Waals surface area contributed by atoms with Gasteiger partial charge in [0.15, 0.2) is 11.4 Å². The van der Waals surface area contributed by atoms with Gasteiger partial charge >= 0.3 is 6.03 Å². The lowest BCUT2D eigenvalue weighted by atomic mass is 9.83. The first-order valence-electron chi connectivity index (χ1n) is 12.2. The third-order valence-corrected chi connectivity index (χ3v) is 11.9. The molecule has 0 atom stereocenters. The minimum Gasteiger partial charge on any atom is -0.459 e. The fourth-order valence-corrected chi connectivity index (χ4v) is 8.36. The number of nitrogens with one attached hydrogen (secondary N) is 2. The normalized spacial score (nSPS) is 20.5. The van der Waals surface area contributed by atoms with E-state index in [1.54, 1.807) is 24.0 Å². The Kier molecular flexibility index (Phi) is 5.29. The monoisotopic (exact) mass is 496 g/mol. The van der Waals surface area contributed by atoms with Crippen molar-refractivity contribution in [1.29, 1.82) is 0 Å². The van der Waals surface area contributed by atoms with E-state index in [1.807, 2.05) is 13.8 Å². The number of carbonyl (C=O) groups excluding carboxylic acids is 2. The number of aliphatic imine (C=N–C) groups is 1. The fourth-order valence-electron chi connectivity index (χ4n) is 5.76. The predicted molar refractivity (Wildman–Crippen MR) is 138 cm³/mol. The van der Waals surface area contributed by atoms with Crippen molar-refractivity contribution in [3.8, 4) is 0 Å². The van der Waals surface area contributed by atoms with E-state index >= 15 is 0 Å². The third-order valence-electron chi connectivity index (χ3n) is 8.32. The molecule has 1 aliphatic carbocycles. The highest BCUT2D eigenvalue weighted by molar-refractivity contribution is 6.82. The van der Waals surface area contributed by atoms with Crippen molar-refractivity contribution in [2.24, 2.45) is 4.99 Å². The van der Waals surface area contributed by atoms with Gasteiger partial charge in [-0.25, -0.2) is 9.18 Å². The van der Waals surface area contributed by atoms with Gasteiger partial charge in [-0.15, -0.1) is 0 Å². The number of hydrogen-bond acceptors (Lipinski definition) is 4. The Morgan fingerprint density at radius 3 is 2.51 bits per heavy atom. The van der Waals surface area contributed by atoms with Gasteiger partial charge in [0.05, 0.1) is 26.7 Å². The molecule has 2 aliphatic heterocycles. The molecule has 1 fully saturated rings. The molecule has 7 nitrogen and oxygen atoms in total. The number of furan rings is 1. The van der Waals surface area contributed by atoms with Crippen LogP contribution in [0.4, 0.5) is 14.9 Å². The molecule has 0 saturated heterocycles. The SMILES string of the molecule is Cc1cc2ccc(F)c(NC(=O)N3CC4=C(CN=C4NC(=O)C4([Si](C)(C)C)CCC4)C3(C)C)c2o1. The van der Waals surface area contributed by atoms with Crippen molar-refractivity contribution in [2.75, 3.05) is 18.4 Å².